The van der Waals surface area contributed by atoms with E-state index in [1.165, 1.54) is 0 Å². The Morgan fingerprint density at radius 1 is 1.04 bits per heavy atom. The predicted octanol–water partition coefficient (Wildman–Crippen LogP) is 3.08. The zero-order valence-electron chi connectivity index (χ0n) is 15.0. The zero-order chi connectivity index (χ0) is 19.1. The van der Waals surface area contributed by atoms with E-state index < -0.39 is 12.0 Å². The molecule has 0 radical (unpaired) electrons. The third-order valence-corrected chi connectivity index (χ3v) is 4.29. The molecule has 0 aromatic carbocycles. The first-order valence-electron chi connectivity index (χ1n) is 8.23. The molecule has 0 aliphatic heterocycles. The second-order valence-corrected chi connectivity index (χ2v) is 6.29. The summed E-state index contributed by atoms with van der Waals surface area (Å²) in [6.07, 6.45) is -3.85. The number of rotatable bonds is 5. The Morgan fingerprint density at radius 2 is 1.77 bits per heavy atom. The molecular formula is C16H20F3N7. The minimum absolute atomic E-state index is 0.114. The summed E-state index contributed by atoms with van der Waals surface area (Å²) in [5, 5.41) is 18.4. The molecule has 0 bridgehead atoms. The van der Waals surface area contributed by atoms with Crippen LogP contribution in [0.2, 0.25) is 0 Å². The standard InChI is InChI=1S/C16H20F3N7/c1-9-8-10(2)25(23-9)7-5-6-20-13-11(3)12(4)14-21-22-15(16(17,18)19)26(14)24-13/h8H,5-7H2,1-4H3,(H,20,24). The molecule has 3 aromatic heterocycles. The molecule has 3 rings (SSSR count). The quantitative estimate of drug-likeness (QED) is 0.702. The molecule has 140 valence electrons. The van der Waals surface area contributed by atoms with E-state index in [4.69, 9.17) is 0 Å². The number of fused-ring (bicyclic) bond motifs is 1. The van der Waals surface area contributed by atoms with E-state index in [9.17, 15) is 13.2 Å². The highest BCUT2D eigenvalue weighted by Gasteiger charge is 2.38. The largest absolute Gasteiger partial charge is 0.453 e. The van der Waals surface area contributed by atoms with Crippen molar-refractivity contribution in [2.45, 2.75) is 46.8 Å². The lowest BCUT2D eigenvalue weighted by Gasteiger charge is -2.12. The summed E-state index contributed by atoms with van der Waals surface area (Å²) in [7, 11) is 0. The van der Waals surface area contributed by atoms with Crippen LogP contribution in [0.4, 0.5) is 19.0 Å². The number of aryl methyl sites for hydroxylation is 4. The first-order chi connectivity index (χ1) is 12.2. The molecule has 0 spiro atoms. The summed E-state index contributed by atoms with van der Waals surface area (Å²) in [4.78, 5) is 0. The number of halogens is 3. The van der Waals surface area contributed by atoms with Gasteiger partial charge in [-0.3, -0.25) is 4.68 Å². The van der Waals surface area contributed by atoms with E-state index in [2.05, 4.69) is 25.7 Å². The molecule has 3 aromatic rings. The first-order valence-corrected chi connectivity index (χ1v) is 8.23. The van der Waals surface area contributed by atoms with E-state index >= 15 is 0 Å². The number of hydrogen-bond donors (Lipinski definition) is 1. The van der Waals surface area contributed by atoms with Crippen molar-refractivity contribution in [3.8, 4) is 0 Å². The van der Waals surface area contributed by atoms with Crippen LogP contribution < -0.4 is 5.32 Å². The summed E-state index contributed by atoms with van der Waals surface area (Å²) in [6.45, 7) is 8.70. The van der Waals surface area contributed by atoms with Crippen molar-refractivity contribution in [3.63, 3.8) is 0 Å². The Bertz CT molecular complexity index is 940. The van der Waals surface area contributed by atoms with Gasteiger partial charge in [0.25, 0.3) is 5.82 Å². The van der Waals surface area contributed by atoms with E-state index in [1.807, 2.05) is 24.6 Å². The topological polar surface area (TPSA) is 72.9 Å². The van der Waals surface area contributed by atoms with Gasteiger partial charge in [0, 0.05) is 24.3 Å². The first kappa shape index (κ1) is 18.2. The van der Waals surface area contributed by atoms with Crippen LogP contribution in [0.1, 0.15) is 34.8 Å². The highest BCUT2D eigenvalue weighted by molar-refractivity contribution is 5.58. The summed E-state index contributed by atoms with van der Waals surface area (Å²) in [5.74, 6) is -0.727. The maximum absolute atomic E-state index is 13.1. The van der Waals surface area contributed by atoms with Gasteiger partial charge in [-0.25, -0.2) is 0 Å². The van der Waals surface area contributed by atoms with Crippen molar-refractivity contribution in [3.05, 3.63) is 34.4 Å². The van der Waals surface area contributed by atoms with Crippen LogP contribution in [0, 0.1) is 27.7 Å². The number of alkyl halides is 3. The van der Waals surface area contributed by atoms with Crippen molar-refractivity contribution in [1.82, 2.24) is 29.6 Å². The summed E-state index contributed by atoms with van der Waals surface area (Å²) < 4.78 is 41.8. The van der Waals surface area contributed by atoms with Crippen LogP contribution in [-0.2, 0) is 12.7 Å². The fraction of sp³-hybridized carbons (Fsp3) is 0.500. The Morgan fingerprint density at radius 3 is 2.38 bits per heavy atom. The van der Waals surface area contributed by atoms with E-state index in [-0.39, 0.29) is 5.65 Å². The smallest absolute Gasteiger partial charge is 0.368 e. The Labute approximate surface area is 148 Å². The van der Waals surface area contributed by atoms with Crippen LogP contribution in [0.5, 0.6) is 0 Å². The van der Waals surface area contributed by atoms with Gasteiger partial charge in [-0.15, -0.1) is 15.3 Å². The van der Waals surface area contributed by atoms with Gasteiger partial charge in [-0.1, -0.05) is 0 Å². The van der Waals surface area contributed by atoms with Crippen LogP contribution >= 0.6 is 0 Å². The number of nitrogens with zero attached hydrogens (tertiary/aromatic N) is 6. The molecule has 3 heterocycles. The Hall–Kier alpha value is -2.65. The molecular weight excluding hydrogens is 347 g/mol. The predicted molar refractivity (Wildman–Crippen MR) is 90.1 cm³/mol. The highest BCUT2D eigenvalue weighted by Crippen LogP contribution is 2.29. The van der Waals surface area contributed by atoms with Crippen LogP contribution in [0.15, 0.2) is 6.07 Å². The monoisotopic (exact) mass is 367 g/mol. The molecule has 10 heteroatoms. The van der Waals surface area contributed by atoms with Crippen molar-refractivity contribution < 1.29 is 13.2 Å². The van der Waals surface area contributed by atoms with Crippen LogP contribution in [0.3, 0.4) is 0 Å². The summed E-state index contributed by atoms with van der Waals surface area (Å²) in [6, 6.07) is 2.00. The van der Waals surface area contributed by atoms with Crippen LogP contribution in [0.25, 0.3) is 5.65 Å². The van der Waals surface area contributed by atoms with Gasteiger partial charge < -0.3 is 5.32 Å². The van der Waals surface area contributed by atoms with Crippen molar-refractivity contribution in [2.24, 2.45) is 0 Å². The maximum Gasteiger partial charge on any atom is 0.453 e. The summed E-state index contributed by atoms with van der Waals surface area (Å²) >= 11 is 0. The van der Waals surface area contributed by atoms with Crippen molar-refractivity contribution in [1.29, 1.82) is 0 Å². The number of anilines is 1. The molecule has 0 aliphatic rings. The molecule has 26 heavy (non-hydrogen) atoms. The zero-order valence-corrected chi connectivity index (χ0v) is 15.0. The van der Waals surface area contributed by atoms with Crippen LogP contribution in [-0.4, -0.2) is 36.1 Å². The third kappa shape index (κ3) is 3.35. The second-order valence-electron chi connectivity index (χ2n) is 6.29. The normalized spacial score (nSPS) is 12.1. The molecule has 1 N–H and O–H groups in total. The molecule has 0 fully saturated rings. The van der Waals surface area contributed by atoms with E-state index in [0.29, 0.717) is 24.5 Å². The number of hydrogen-bond acceptors (Lipinski definition) is 5. The fourth-order valence-electron chi connectivity index (χ4n) is 2.81. The molecule has 7 nitrogen and oxygen atoms in total. The van der Waals surface area contributed by atoms with Gasteiger partial charge in [0.1, 0.15) is 5.82 Å². The van der Waals surface area contributed by atoms with Crippen molar-refractivity contribution >= 4 is 11.5 Å². The SMILES string of the molecule is Cc1cc(C)n(CCCNc2nn3c(C(F)(F)F)nnc3c(C)c2C)n1. The molecule has 0 atom stereocenters. The lowest BCUT2D eigenvalue weighted by atomic mass is 10.2. The van der Waals surface area contributed by atoms with Gasteiger partial charge in [0.05, 0.1) is 5.69 Å². The lowest BCUT2D eigenvalue weighted by Crippen LogP contribution is -2.16. The minimum Gasteiger partial charge on any atom is -0.368 e. The molecule has 0 amide bonds. The summed E-state index contributed by atoms with van der Waals surface area (Å²) in [5.41, 5.74) is 3.52. The van der Waals surface area contributed by atoms with E-state index in [0.717, 1.165) is 27.9 Å². The van der Waals surface area contributed by atoms with Gasteiger partial charge >= 0.3 is 6.18 Å². The fourth-order valence-corrected chi connectivity index (χ4v) is 2.81. The van der Waals surface area contributed by atoms with Crippen molar-refractivity contribution in [2.75, 3.05) is 11.9 Å². The second kappa shape index (κ2) is 6.58. The molecule has 0 saturated carbocycles. The minimum atomic E-state index is -4.61. The molecule has 0 saturated heterocycles. The maximum atomic E-state index is 13.1. The van der Waals surface area contributed by atoms with E-state index in [1.54, 1.807) is 13.8 Å². The third-order valence-electron chi connectivity index (χ3n) is 4.29. The number of nitrogens with one attached hydrogen (secondary N) is 1. The molecule has 0 unspecified atom stereocenters. The Kier molecular flexibility index (Phi) is 4.59. The number of aromatic nitrogens is 6. The van der Waals surface area contributed by atoms with Gasteiger partial charge in [0.15, 0.2) is 5.65 Å². The van der Waals surface area contributed by atoms with Gasteiger partial charge in [0.2, 0.25) is 0 Å². The lowest BCUT2D eigenvalue weighted by molar-refractivity contribution is -0.146. The average molecular weight is 367 g/mol. The van der Waals surface area contributed by atoms with Gasteiger partial charge in [-0.2, -0.15) is 22.8 Å². The van der Waals surface area contributed by atoms with Gasteiger partial charge in [-0.05, 0) is 45.7 Å². The Balaban J connectivity index is 1.77. The highest BCUT2D eigenvalue weighted by atomic mass is 19.4. The molecule has 0 aliphatic carbocycles. The average Bonchev–Trinajstić information content (AvgIpc) is 3.11.